The number of benzene rings is 1. The van der Waals surface area contributed by atoms with Crippen LogP contribution in [0.1, 0.15) is 10.4 Å². The fraction of sp³-hybridized carbons (Fsp3) is 0.167. The van der Waals surface area contributed by atoms with Crippen molar-refractivity contribution in [2.24, 2.45) is 0 Å². The standard InChI is InChI=1S/C12H12N2O5S/c1-20-11(13-7-12(16)17)6-10(15)8-2-4-9(5-3-8)14(18)19/h2-6,13H,7H2,1H3,(H,16,17)/b11-6-. The van der Waals surface area contributed by atoms with Gasteiger partial charge in [-0.3, -0.25) is 19.7 Å². The third-order valence-electron chi connectivity index (χ3n) is 2.26. The SMILES string of the molecule is CS/C(=C\C(=O)c1ccc([N+](=O)[O-])cc1)NCC(=O)O. The van der Waals surface area contributed by atoms with E-state index in [4.69, 9.17) is 5.11 Å². The lowest BCUT2D eigenvalue weighted by Gasteiger charge is -2.05. The zero-order chi connectivity index (χ0) is 15.1. The van der Waals surface area contributed by atoms with Crippen molar-refractivity contribution in [1.82, 2.24) is 5.32 Å². The number of carboxylic acids is 1. The van der Waals surface area contributed by atoms with Gasteiger partial charge in [0.05, 0.1) is 9.95 Å². The number of carboxylic acid groups (broad SMARTS) is 1. The van der Waals surface area contributed by atoms with Gasteiger partial charge in [-0.15, -0.1) is 11.8 Å². The lowest BCUT2D eigenvalue weighted by Crippen LogP contribution is -2.21. The van der Waals surface area contributed by atoms with Crippen molar-refractivity contribution in [2.45, 2.75) is 0 Å². The highest BCUT2D eigenvalue weighted by Crippen LogP contribution is 2.14. The van der Waals surface area contributed by atoms with Gasteiger partial charge in [-0.2, -0.15) is 0 Å². The van der Waals surface area contributed by atoms with Gasteiger partial charge in [-0.25, -0.2) is 0 Å². The lowest BCUT2D eigenvalue weighted by atomic mass is 10.1. The van der Waals surface area contributed by atoms with E-state index in [2.05, 4.69) is 5.32 Å². The Morgan fingerprint density at radius 2 is 2.00 bits per heavy atom. The second-order valence-electron chi connectivity index (χ2n) is 3.63. The number of allylic oxidation sites excluding steroid dienone is 1. The molecule has 0 radical (unpaired) electrons. The molecule has 20 heavy (non-hydrogen) atoms. The molecule has 0 saturated heterocycles. The summed E-state index contributed by atoms with van der Waals surface area (Å²) in [4.78, 5) is 32.3. The van der Waals surface area contributed by atoms with Gasteiger partial charge in [-0.1, -0.05) is 0 Å². The fourth-order valence-corrected chi connectivity index (χ4v) is 1.74. The van der Waals surface area contributed by atoms with Crippen molar-refractivity contribution < 1.29 is 19.6 Å². The fourth-order valence-electron chi connectivity index (χ4n) is 1.29. The number of rotatable bonds is 7. The smallest absolute Gasteiger partial charge is 0.322 e. The van der Waals surface area contributed by atoms with Crippen LogP contribution in [0.2, 0.25) is 0 Å². The predicted molar refractivity (Wildman–Crippen MR) is 74.7 cm³/mol. The van der Waals surface area contributed by atoms with E-state index in [0.717, 1.165) is 0 Å². The average Bonchev–Trinajstić information content (AvgIpc) is 2.43. The Bertz CT molecular complexity index is 553. The van der Waals surface area contributed by atoms with Crippen LogP contribution in [0.5, 0.6) is 0 Å². The lowest BCUT2D eigenvalue weighted by molar-refractivity contribution is -0.384. The highest BCUT2D eigenvalue weighted by atomic mass is 32.2. The first kappa shape index (κ1) is 15.7. The molecule has 7 nitrogen and oxygen atoms in total. The van der Waals surface area contributed by atoms with Crippen LogP contribution >= 0.6 is 11.8 Å². The van der Waals surface area contributed by atoms with E-state index in [1.165, 1.54) is 42.1 Å². The normalized spacial score (nSPS) is 10.9. The van der Waals surface area contributed by atoms with E-state index in [9.17, 15) is 19.7 Å². The van der Waals surface area contributed by atoms with E-state index in [0.29, 0.717) is 10.6 Å². The van der Waals surface area contributed by atoms with Crippen LogP contribution in [0.4, 0.5) is 5.69 Å². The van der Waals surface area contributed by atoms with Crippen LogP contribution < -0.4 is 5.32 Å². The quantitative estimate of drug-likeness (QED) is 0.341. The molecule has 0 aromatic heterocycles. The topological polar surface area (TPSA) is 110 Å². The Balaban J connectivity index is 2.82. The van der Waals surface area contributed by atoms with Crippen LogP contribution in [0.3, 0.4) is 0 Å². The van der Waals surface area contributed by atoms with E-state index in [1.807, 2.05) is 0 Å². The minimum absolute atomic E-state index is 0.0976. The maximum atomic E-state index is 11.9. The molecule has 1 aromatic rings. The van der Waals surface area contributed by atoms with Gasteiger partial charge in [0.15, 0.2) is 5.78 Å². The summed E-state index contributed by atoms with van der Waals surface area (Å²) >= 11 is 1.20. The Morgan fingerprint density at radius 1 is 1.40 bits per heavy atom. The summed E-state index contributed by atoms with van der Waals surface area (Å²) < 4.78 is 0. The molecular formula is C12H12N2O5S. The third kappa shape index (κ3) is 4.73. The molecule has 0 spiro atoms. The van der Waals surface area contributed by atoms with Crippen molar-refractivity contribution >= 4 is 29.2 Å². The number of non-ortho nitro benzene ring substituents is 1. The molecule has 0 saturated carbocycles. The largest absolute Gasteiger partial charge is 0.480 e. The van der Waals surface area contributed by atoms with E-state index in [-0.39, 0.29) is 18.0 Å². The second kappa shape index (κ2) is 7.29. The molecule has 1 rings (SSSR count). The maximum absolute atomic E-state index is 11.9. The van der Waals surface area contributed by atoms with E-state index in [1.54, 1.807) is 6.26 Å². The summed E-state index contributed by atoms with van der Waals surface area (Å²) in [7, 11) is 0. The molecule has 2 N–H and O–H groups in total. The molecular weight excluding hydrogens is 284 g/mol. The molecule has 0 bridgehead atoms. The second-order valence-corrected chi connectivity index (χ2v) is 4.48. The molecule has 0 aliphatic rings. The van der Waals surface area contributed by atoms with Crippen molar-refractivity contribution in [1.29, 1.82) is 0 Å². The first-order chi connectivity index (χ1) is 9.43. The van der Waals surface area contributed by atoms with Gasteiger partial charge in [0.25, 0.3) is 5.69 Å². The van der Waals surface area contributed by atoms with Crippen LogP contribution in [-0.4, -0.2) is 34.6 Å². The predicted octanol–water partition coefficient (Wildman–Crippen LogP) is 1.66. The van der Waals surface area contributed by atoms with Gasteiger partial charge >= 0.3 is 5.97 Å². The van der Waals surface area contributed by atoms with Gasteiger partial charge < -0.3 is 10.4 Å². The van der Waals surface area contributed by atoms with Crippen LogP contribution in [0, 0.1) is 10.1 Å². The number of nitro benzene ring substituents is 1. The van der Waals surface area contributed by atoms with Crippen molar-refractivity contribution in [3.05, 3.63) is 51.0 Å². The van der Waals surface area contributed by atoms with Crippen LogP contribution in [0.25, 0.3) is 0 Å². The highest BCUT2D eigenvalue weighted by molar-refractivity contribution is 8.02. The summed E-state index contributed by atoms with van der Waals surface area (Å²) in [5.41, 5.74) is 0.193. The Morgan fingerprint density at radius 3 is 2.45 bits per heavy atom. The van der Waals surface area contributed by atoms with Gasteiger partial charge in [0.1, 0.15) is 6.54 Å². The summed E-state index contributed by atoms with van der Waals surface area (Å²) in [6, 6.07) is 5.19. The number of nitro groups is 1. The van der Waals surface area contributed by atoms with E-state index >= 15 is 0 Å². The Hall–Kier alpha value is -2.35. The molecule has 0 atom stereocenters. The Kier molecular flexibility index (Phi) is 5.73. The van der Waals surface area contributed by atoms with Crippen molar-refractivity contribution in [3.63, 3.8) is 0 Å². The Labute approximate surface area is 118 Å². The van der Waals surface area contributed by atoms with Gasteiger partial charge in [-0.05, 0) is 18.4 Å². The van der Waals surface area contributed by atoms with E-state index < -0.39 is 10.9 Å². The maximum Gasteiger partial charge on any atom is 0.322 e. The first-order valence-electron chi connectivity index (χ1n) is 5.44. The van der Waals surface area contributed by atoms with Crippen molar-refractivity contribution in [3.8, 4) is 0 Å². The molecule has 0 fully saturated rings. The summed E-state index contributed by atoms with van der Waals surface area (Å²) in [6.07, 6.45) is 2.96. The molecule has 0 amide bonds. The number of carbonyl (C=O) groups is 2. The number of nitrogens with one attached hydrogen (secondary N) is 1. The number of thioether (sulfide) groups is 1. The number of ketones is 1. The van der Waals surface area contributed by atoms with Crippen LogP contribution in [0.15, 0.2) is 35.4 Å². The molecule has 8 heteroatoms. The molecule has 1 aromatic carbocycles. The first-order valence-corrected chi connectivity index (χ1v) is 6.66. The van der Waals surface area contributed by atoms with Crippen LogP contribution in [-0.2, 0) is 4.79 Å². The summed E-state index contributed by atoms with van der Waals surface area (Å²) in [6.45, 7) is -0.291. The molecule has 0 aliphatic heterocycles. The molecule has 0 heterocycles. The number of carbonyl (C=O) groups excluding carboxylic acids is 1. The molecule has 106 valence electrons. The number of nitrogens with zero attached hydrogens (tertiary/aromatic N) is 1. The highest BCUT2D eigenvalue weighted by Gasteiger charge is 2.09. The summed E-state index contributed by atoms with van der Waals surface area (Å²) in [5, 5.41) is 22.0. The number of aliphatic carboxylic acids is 1. The minimum Gasteiger partial charge on any atom is -0.480 e. The molecule has 0 unspecified atom stereocenters. The zero-order valence-electron chi connectivity index (χ0n) is 10.5. The van der Waals surface area contributed by atoms with Crippen molar-refractivity contribution in [2.75, 3.05) is 12.8 Å². The van der Waals surface area contributed by atoms with Gasteiger partial charge in [0, 0.05) is 23.8 Å². The molecule has 0 aliphatic carbocycles. The van der Waals surface area contributed by atoms with Gasteiger partial charge in [0.2, 0.25) is 0 Å². The summed E-state index contributed by atoms with van der Waals surface area (Å²) in [5.74, 6) is -1.39. The monoisotopic (exact) mass is 296 g/mol. The number of hydrogen-bond donors (Lipinski definition) is 2. The number of hydrogen-bond acceptors (Lipinski definition) is 6. The minimum atomic E-state index is -1.03. The third-order valence-corrected chi connectivity index (χ3v) is 2.96. The average molecular weight is 296 g/mol. The zero-order valence-corrected chi connectivity index (χ0v) is 11.3.